The highest BCUT2D eigenvalue weighted by Gasteiger charge is 1.97. The van der Waals surface area contributed by atoms with E-state index >= 15 is 0 Å². The van der Waals surface area contributed by atoms with Crippen LogP contribution < -0.4 is 11.3 Å². The molecule has 0 fully saturated rings. The summed E-state index contributed by atoms with van der Waals surface area (Å²) in [6, 6.07) is 0. The summed E-state index contributed by atoms with van der Waals surface area (Å²) < 4.78 is 0. The van der Waals surface area contributed by atoms with Crippen LogP contribution in [0.25, 0.3) is 0 Å². The summed E-state index contributed by atoms with van der Waals surface area (Å²) in [7, 11) is 0. The van der Waals surface area contributed by atoms with Crippen LogP contribution in [0.1, 0.15) is 96.8 Å². The van der Waals surface area contributed by atoms with Crippen molar-refractivity contribution in [2.24, 2.45) is 5.84 Å². The van der Waals surface area contributed by atoms with Crippen molar-refractivity contribution < 1.29 is 4.79 Å². The van der Waals surface area contributed by atoms with Gasteiger partial charge in [0.1, 0.15) is 0 Å². The van der Waals surface area contributed by atoms with E-state index in [-0.39, 0.29) is 5.91 Å². The normalized spacial score (nSPS) is 11.1. The van der Waals surface area contributed by atoms with Crippen LogP contribution in [0.3, 0.4) is 0 Å². The summed E-state index contributed by atoms with van der Waals surface area (Å²) in [6.07, 6.45) is 21.9. The molecule has 0 heterocycles. The molecule has 0 aliphatic carbocycles. The third-order valence-electron chi connectivity index (χ3n) is 3.83. The Morgan fingerprint density at radius 3 is 1.81 bits per heavy atom. The lowest BCUT2D eigenvalue weighted by Gasteiger charge is -2.00. The van der Waals surface area contributed by atoms with E-state index in [2.05, 4.69) is 24.5 Å². The summed E-state index contributed by atoms with van der Waals surface area (Å²) in [6.45, 7) is 2.26. The first-order valence-corrected chi connectivity index (χ1v) is 8.95. The highest BCUT2D eigenvalue weighted by Crippen LogP contribution is 2.09. The SMILES string of the molecule is CCCCCCCC/C=C\CCCCCCCC(=O)NN. The monoisotopic (exact) mass is 296 g/mol. The Kier molecular flexibility index (Phi) is 16.5. The minimum atomic E-state index is -0.0485. The Hall–Kier alpha value is -0.830. The Balaban J connectivity index is 3.10. The molecule has 0 saturated heterocycles. The maximum absolute atomic E-state index is 10.9. The first-order valence-electron chi connectivity index (χ1n) is 8.95. The number of nitrogens with two attached hydrogens (primary N) is 1. The van der Waals surface area contributed by atoms with Crippen molar-refractivity contribution in [1.29, 1.82) is 0 Å². The van der Waals surface area contributed by atoms with Crippen LogP contribution in [0.4, 0.5) is 0 Å². The van der Waals surface area contributed by atoms with Crippen LogP contribution in [0.2, 0.25) is 0 Å². The van der Waals surface area contributed by atoms with Gasteiger partial charge < -0.3 is 0 Å². The fourth-order valence-electron chi connectivity index (χ4n) is 2.43. The van der Waals surface area contributed by atoms with Crippen molar-refractivity contribution in [2.75, 3.05) is 0 Å². The molecule has 0 rings (SSSR count). The van der Waals surface area contributed by atoms with Crippen molar-refractivity contribution >= 4 is 5.91 Å². The van der Waals surface area contributed by atoms with Crippen molar-refractivity contribution in [3.63, 3.8) is 0 Å². The highest BCUT2D eigenvalue weighted by molar-refractivity contribution is 5.74. The lowest BCUT2D eigenvalue weighted by Crippen LogP contribution is -2.29. The zero-order chi connectivity index (χ0) is 15.6. The second-order valence-electron chi connectivity index (χ2n) is 5.90. The van der Waals surface area contributed by atoms with E-state index in [0.29, 0.717) is 6.42 Å². The van der Waals surface area contributed by atoms with Crippen molar-refractivity contribution in [3.8, 4) is 0 Å². The predicted octanol–water partition coefficient (Wildman–Crippen LogP) is 5.01. The molecule has 0 aliphatic rings. The first-order chi connectivity index (χ1) is 10.3. The van der Waals surface area contributed by atoms with E-state index in [1.54, 1.807) is 0 Å². The third-order valence-corrected chi connectivity index (χ3v) is 3.83. The summed E-state index contributed by atoms with van der Waals surface area (Å²) >= 11 is 0. The molecule has 0 bridgehead atoms. The number of hydrogen-bond donors (Lipinski definition) is 2. The molecular formula is C18H36N2O. The molecule has 0 radical (unpaired) electrons. The number of unbranched alkanes of at least 4 members (excludes halogenated alkanes) is 11. The van der Waals surface area contributed by atoms with Gasteiger partial charge in [-0.05, 0) is 32.1 Å². The predicted molar refractivity (Wildman–Crippen MR) is 91.8 cm³/mol. The van der Waals surface area contributed by atoms with Gasteiger partial charge >= 0.3 is 0 Å². The Bertz CT molecular complexity index is 252. The minimum absolute atomic E-state index is 0.0485. The zero-order valence-corrected chi connectivity index (χ0v) is 14.0. The van der Waals surface area contributed by atoms with E-state index in [1.165, 1.54) is 70.6 Å². The molecule has 0 spiro atoms. The second kappa shape index (κ2) is 17.2. The molecule has 3 nitrogen and oxygen atoms in total. The van der Waals surface area contributed by atoms with Gasteiger partial charge in [-0.25, -0.2) is 5.84 Å². The molecule has 124 valence electrons. The van der Waals surface area contributed by atoms with Gasteiger partial charge in [0.25, 0.3) is 0 Å². The number of amides is 1. The smallest absolute Gasteiger partial charge is 0.233 e. The fourth-order valence-corrected chi connectivity index (χ4v) is 2.43. The molecule has 1 amide bonds. The zero-order valence-electron chi connectivity index (χ0n) is 14.0. The molecule has 3 heteroatoms. The Morgan fingerprint density at radius 1 is 0.810 bits per heavy atom. The third kappa shape index (κ3) is 17.1. The average molecular weight is 296 g/mol. The number of hydrazine groups is 1. The number of carbonyl (C=O) groups excluding carboxylic acids is 1. The number of hydrogen-bond acceptors (Lipinski definition) is 2. The molecular weight excluding hydrogens is 260 g/mol. The summed E-state index contributed by atoms with van der Waals surface area (Å²) in [4.78, 5) is 10.9. The topological polar surface area (TPSA) is 55.1 Å². The first kappa shape index (κ1) is 20.2. The average Bonchev–Trinajstić information content (AvgIpc) is 2.50. The van der Waals surface area contributed by atoms with Gasteiger partial charge in [-0.1, -0.05) is 70.4 Å². The maximum atomic E-state index is 10.9. The lowest BCUT2D eigenvalue weighted by molar-refractivity contribution is -0.121. The second-order valence-corrected chi connectivity index (χ2v) is 5.90. The van der Waals surface area contributed by atoms with E-state index in [9.17, 15) is 4.79 Å². The van der Waals surface area contributed by atoms with Crippen LogP contribution >= 0.6 is 0 Å². The summed E-state index contributed by atoms with van der Waals surface area (Å²) in [5.74, 6) is 4.98. The summed E-state index contributed by atoms with van der Waals surface area (Å²) in [5, 5.41) is 0. The van der Waals surface area contributed by atoms with Crippen LogP contribution in [-0.4, -0.2) is 5.91 Å². The molecule has 0 aliphatic heterocycles. The fraction of sp³-hybridized carbons (Fsp3) is 0.833. The van der Waals surface area contributed by atoms with E-state index in [1.807, 2.05) is 0 Å². The molecule has 0 aromatic rings. The van der Waals surface area contributed by atoms with Gasteiger partial charge in [0.05, 0.1) is 0 Å². The van der Waals surface area contributed by atoms with Crippen molar-refractivity contribution in [1.82, 2.24) is 5.43 Å². The number of allylic oxidation sites excluding steroid dienone is 2. The van der Waals surface area contributed by atoms with Gasteiger partial charge in [-0.3, -0.25) is 10.2 Å². The molecule has 0 aromatic heterocycles. The van der Waals surface area contributed by atoms with E-state index in [4.69, 9.17) is 5.84 Å². The largest absolute Gasteiger partial charge is 0.294 e. The molecule has 3 N–H and O–H groups in total. The highest BCUT2D eigenvalue weighted by atomic mass is 16.2. The Morgan fingerprint density at radius 2 is 1.29 bits per heavy atom. The molecule has 0 aromatic carbocycles. The van der Waals surface area contributed by atoms with Crippen LogP contribution in [-0.2, 0) is 4.79 Å². The number of rotatable bonds is 15. The molecule has 0 atom stereocenters. The maximum Gasteiger partial charge on any atom is 0.233 e. The molecule has 0 unspecified atom stereocenters. The number of nitrogens with one attached hydrogen (secondary N) is 1. The molecule has 0 saturated carbocycles. The Labute approximate surface area is 131 Å². The van der Waals surface area contributed by atoms with Crippen LogP contribution in [0, 0.1) is 0 Å². The van der Waals surface area contributed by atoms with Gasteiger partial charge in [-0.2, -0.15) is 0 Å². The van der Waals surface area contributed by atoms with Crippen molar-refractivity contribution in [3.05, 3.63) is 12.2 Å². The van der Waals surface area contributed by atoms with Gasteiger partial charge in [0, 0.05) is 6.42 Å². The van der Waals surface area contributed by atoms with Gasteiger partial charge in [0.15, 0.2) is 0 Å². The van der Waals surface area contributed by atoms with Gasteiger partial charge in [0.2, 0.25) is 5.91 Å². The van der Waals surface area contributed by atoms with E-state index in [0.717, 1.165) is 12.8 Å². The van der Waals surface area contributed by atoms with Crippen LogP contribution in [0.15, 0.2) is 12.2 Å². The van der Waals surface area contributed by atoms with Crippen LogP contribution in [0.5, 0.6) is 0 Å². The quantitative estimate of drug-likeness (QED) is 0.147. The molecule has 21 heavy (non-hydrogen) atoms. The number of carbonyl (C=O) groups is 1. The summed E-state index contributed by atoms with van der Waals surface area (Å²) in [5.41, 5.74) is 2.17. The van der Waals surface area contributed by atoms with Crippen molar-refractivity contribution in [2.45, 2.75) is 96.8 Å². The standard InChI is InChI=1S/C18H36N2O/c1-2-3-4-5-6-7-8-9-10-11-12-13-14-15-16-17-18(21)20-19/h9-10H,2-8,11-17,19H2,1H3,(H,20,21)/b10-9-. The minimum Gasteiger partial charge on any atom is -0.294 e. The van der Waals surface area contributed by atoms with E-state index < -0.39 is 0 Å². The van der Waals surface area contributed by atoms with Gasteiger partial charge in [-0.15, -0.1) is 0 Å². The lowest BCUT2D eigenvalue weighted by atomic mass is 10.1.